The number of rotatable bonds is 3. The summed E-state index contributed by atoms with van der Waals surface area (Å²) in [7, 11) is 0. The van der Waals surface area contributed by atoms with Crippen LogP contribution >= 0.6 is 0 Å². The molecule has 0 unspecified atom stereocenters. The van der Waals surface area contributed by atoms with Crippen molar-refractivity contribution in [2.24, 2.45) is 0 Å². The molecule has 0 heterocycles. The normalized spacial score (nSPS) is 11.2. The quantitative estimate of drug-likeness (QED) is 0.460. The zero-order valence-corrected chi connectivity index (χ0v) is 5.37. The molecule has 0 aliphatic heterocycles. The van der Waals surface area contributed by atoms with Crippen molar-refractivity contribution in [3.63, 3.8) is 0 Å². The highest BCUT2D eigenvalue weighted by Gasteiger charge is 1.83. The van der Waals surface area contributed by atoms with Crippen LogP contribution in [0.15, 0.2) is 24.5 Å². The van der Waals surface area contributed by atoms with Gasteiger partial charge in [-0.25, -0.2) is 0 Å². The van der Waals surface area contributed by atoms with E-state index < -0.39 is 0 Å². The van der Waals surface area contributed by atoms with E-state index in [4.69, 9.17) is 5.11 Å². The Hall–Kier alpha value is -1.05. The largest absolute Gasteiger partial charge is 0.515 e. The van der Waals surface area contributed by atoms with Crippen LogP contribution < -0.4 is 0 Å². The number of hydrogen-bond acceptors (Lipinski definition) is 2. The number of aliphatic hydroxyl groups excluding tert-OH is 1. The van der Waals surface area contributed by atoms with Gasteiger partial charge in [-0.05, 0) is 12.5 Å². The lowest BCUT2D eigenvalue weighted by Crippen LogP contribution is -1.83. The minimum absolute atomic E-state index is 0.181. The van der Waals surface area contributed by atoms with E-state index in [0.29, 0.717) is 0 Å². The zero-order valence-electron chi connectivity index (χ0n) is 5.37. The Morgan fingerprint density at radius 1 is 1.56 bits per heavy atom. The summed E-state index contributed by atoms with van der Waals surface area (Å²) in [4.78, 5) is 10.5. The number of allylic oxidation sites excluding steroid dienone is 3. The van der Waals surface area contributed by atoms with Gasteiger partial charge in [-0.2, -0.15) is 0 Å². The van der Waals surface area contributed by atoms with Gasteiger partial charge in [0.1, 0.15) is 0 Å². The van der Waals surface area contributed by atoms with E-state index in [1.54, 1.807) is 6.08 Å². The van der Waals surface area contributed by atoms with Gasteiger partial charge >= 0.3 is 0 Å². The molecule has 50 valence electrons. The summed E-state index contributed by atoms with van der Waals surface area (Å²) >= 11 is 0. The van der Waals surface area contributed by atoms with E-state index in [1.165, 1.54) is 6.08 Å². The van der Waals surface area contributed by atoms with Gasteiger partial charge in [-0.1, -0.05) is 13.0 Å². The topological polar surface area (TPSA) is 37.3 Å². The molecule has 0 bridgehead atoms. The van der Waals surface area contributed by atoms with E-state index in [9.17, 15) is 4.79 Å². The third-order valence-corrected chi connectivity index (χ3v) is 0.757. The summed E-state index contributed by atoms with van der Waals surface area (Å²) in [5.74, 6) is -0.181. The van der Waals surface area contributed by atoms with Crippen molar-refractivity contribution >= 4 is 5.78 Å². The lowest BCUT2D eigenvalue weighted by atomic mass is 10.3. The molecule has 0 aliphatic rings. The SMILES string of the molecule is CC/C=C/C(=O)/C=C/O. The average Bonchev–Trinajstić information content (AvgIpc) is 1.85. The fraction of sp³-hybridized carbons (Fsp3) is 0.286. The van der Waals surface area contributed by atoms with Gasteiger partial charge in [0.25, 0.3) is 0 Å². The monoisotopic (exact) mass is 126 g/mol. The van der Waals surface area contributed by atoms with Crippen LogP contribution in [0.5, 0.6) is 0 Å². The molecule has 0 rings (SSSR count). The Kier molecular flexibility index (Phi) is 4.50. The molecule has 0 aromatic carbocycles. The van der Waals surface area contributed by atoms with Gasteiger partial charge in [-0.3, -0.25) is 4.79 Å². The van der Waals surface area contributed by atoms with Crippen LogP contribution in [-0.4, -0.2) is 10.9 Å². The first-order chi connectivity index (χ1) is 4.31. The van der Waals surface area contributed by atoms with Crippen molar-refractivity contribution in [3.8, 4) is 0 Å². The Morgan fingerprint density at radius 2 is 2.22 bits per heavy atom. The van der Waals surface area contributed by atoms with Gasteiger partial charge in [0, 0.05) is 6.08 Å². The standard InChI is InChI=1S/C7H10O2/c1-2-3-4-7(9)5-6-8/h3-6,8H,2H2,1H3/b4-3+,6-5+. The van der Waals surface area contributed by atoms with Crippen molar-refractivity contribution in [2.75, 3.05) is 0 Å². The summed E-state index contributed by atoms with van der Waals surface area (Å²) < 4.78 is 0. The molecule has 0 fully saturated rings. The molecule has 0 saturated heterocycles. The number of hydrogen-bond donors (Lipinski definition) is 1. The van der Waals surface area contributed by atoms with Crippen molar-refractivity contribution in [2.45, 2.75) is 13.3 Å². The molecule has 0 aromatic heterocycles. The molecular formula is C7H10O2. The van der Waals surface area contributed by atoms with Crippen molar-refractivity contribution in [1.29, 1.82) is 0 Å². The zero-order chi connectivity index (χ0) is 7.11. The summed E-state index contributed by atoms with van der Waals surface area (Å²) in [6.07, 6.45) is 5.84. The minimum atomic E-state index is -0.181. The summed E-state index contributed by atoms with van der Waals surface area (Å²) in [5, 5.41) is 8.10. The summed E-state index contributed by atoms with van der Waals surface area (Å²) in [5.41, 5.74) is 0. The van der Waals surface area contributed by atoms with Crippen molar-refractivity contribution in [1.82, 2.24) is 0 Å². The maximum absolute atomic E-state index is 10.5. The van der Waals surface area contributed by atoms with Gasteiger partial charge < -0.3 is 5.11 Å². The first-order valence-electron chi connectivity index (χ1n) is 2.82. The van der Waals surface area contributed by atoms with Crippen LogP contribution in [0.1, 0.15) is 13.3 Å². The van der Waals surface area contributed by atoms with E-state index in [1.807, 2.05) is 6.92 Å². The lowest BCUT2D eigenvalue weighted by molar-refractivity contribution is -0.110. The second-order valence-corrected chi connectivity index (χ2v) is 1.53. The predicted molar refractivity (Wildman–Crippen MR) is 36.2 cm³/mol. The van der Waals surface area contributed by atoms with Crippen molar-refractivity contribution in [3.05, 3.63) is 24.5 Å². The molecule has 0 atom stereocenters. The lowest BCUT2D eigenvalue weighted by Gasteiger charge is -1.77. The van der Waals surface area contributed by atoms with Gasteiger partial charge in [0.05, 0.1) is 6.26 Å². The highest BCUT2D eigenvalue weighted by atomic mass is 16.2. The van der Waals surface area contributed by atoms with Crippen molar-refractivity contribution < 1.29 is 9.90 Å². The van der Waals surface area contributed by atoms with Crippen LogP contribution in [0, 0.1) is 0 Å². The first kappa shape index (κ1) is 7.95. The number of ketones is 1. The molecule has 9 heavy (non-hydrogen) atoms. The molecule has 0 saturated carbocycles. The second-order valence-electron chi connectivity index (χ2n) is 1.53. The number of carbonyl (C=O) groups excluding carboxylic acids is 1. The summed E-state index contributed by atoms with van der Waals surface area (Å²) in [6, 6.07) is 0. The molecule has 0 spiro atoms. The van der Waals surface area contributed by atoms with Crippen LogP contribution in [0.4, 0.5) is 0 Å². The van der Waals surface area contributed by atoms with Gasteiger partial charge in [-0.15, -0.1) is 0 Å². The molecule has 0 amide bonds. The van der Waals surface area contributed by atoms with Crippen LogP contribution in [-0.2, 0) is 4.79 Å². The van der Waals surface area contributed by atoms with Gasteiger partial charge in [0.2, 0.25) is 0 Å². The first-order valence-corrected chi connectivity index (χ1v) is 2.82. The fourth-order valence-electron chi connectivity index (χ4n) is 0.363. The van der Waals surface area contributed by atoms with E-state index in [0.717, 1.165) is 18.8 Å². The molecule has 0 aliphatic carbocycles. The number of carbonyl (C=O) groups is 1. The Bertz CT molecular complexity index is 134. The number of aliphatic hydroxyl groups is 1. The highest BCUT2D eigenvalue weighted by Crippen LogP contribution is 1.82. The molecule has 1 N–H and O–H groups in total. The molecule has 2 nitrogen and oxygen atoms in total. The molecule has 2 heteroatoms. The molecular weight excluding hydrogens is 116 g/mol. The minimum Gasteiger partial charge on any atom is -0.515 e. The van der Waals surface area contributed by atoms with E-state index in [-0.39, 0.29) is 5.78 Å². The third kappa shape index (κ3) is 4.81. The van der Waals surface area contributed by atoms with E-state index >= 15 is 0 Å². The predicted octanol–water partition coefficient (Wildman–Crippen LogP) is 1.59. The highest BCUT2D eigenvalue weighted by molar-refractivity contribution is 5.98. The van der Waals surface area contributed by atoms with Crippen LogP contribution in [0.25, 0.3) is 0 Å². The average molecular weight is 126 g/mol. The van der Waals surface area contributed by atoms with Gasteiger partial charge in [0.15, 0.2) is 5.78 Å². The maximum Gasteiger partial charge on any atom is 0.181 e. The molecule has 0 aromatic rings. The Labute approximate surface area is 54.5 Å². The van der Waals surface area contributed by atoms with E-state index in [2.05, 4.69) is 0 Å². The van der Waals surface area contributed by atoms with Crippen LogP contribution in [0.3, 0.4) is 0 Å². The Morgan fingerprint density at radius 3 is 2.67 bits per heavy atom. The van der Waals surface area contributed by atoms with Crippen LogP contribution in [0.2, 0.25) is 0 Å². The second kappa shape index (κ2) is 5.09. The molecule has 0 radical (unpaired) electrons. The smallest absolute Gasteiger partial charge is 0.181 e. The fourth-order valence-corrected chi connectivity index (χ4v) is 0.363. The summed E-state index contributed by atoms with van der Waals surface area (Å²) in [6.45, 7) is 1.94. The third-order valence-electron chi connectivity index (χ3n) is 0.757. The Balaban J connectivity index is 3.63. The maximum atomic E-state index is 10.5.